The van der Waals surface area contributed by atoms with Gasteiger partial charge >= 0.3 is 0 Å². The van der Waals surface area contributed by atoms with Crippen LogP contribution in [0.25, 0.3) is 0 Å². The van der Waals surface area contributed by atoms with E-state index >= 15 is 0 Å². The maximum atomic E-state index is 12.0. The number of carbonyl (C=O) groups is 1. The molecule has 114 valence electrons. The summed E-state index contributed by atoms with van der Waals surface area (Å²) in [5.74, 6) is -0.0502. The summed E-state index contributed by atoms with van der Waals surface area (Å²) in [6.07, 6.45) is 1.47. The number of hydrogen-bond donors (Lipinski definition) is 1. The second-order valence-electron chi connectivity index (χ2n) is 5.07. The third-order valence-electron chi connectivity index (χ3n) is 3.39. The summed E-state index contributed by atoms with van der Waals surface area (Å²) < 4.78 is 6.45. The normalized spacial score (nSPS) is 17.4. The Bertz CT molecular complexity index is 637. The standard InChI is InChI=1S/C17H16BrNO2S/c18-12-3-7-14(8-4-12)22-15-9-5-13(6-10-15)19-17(20)16-2-1-11-21-16/h3-10,16H,1-2,11H2,(H,19,20). The lowest BCUT2D eigenvalue weighted by atomic mass is 10.2. The quantitative estimate of drug-likeness (QED) is 0.837. The van der Waals surface area contributed by atoms with E-state index in [0.717, 1.165) is 27.9 Å². The first-order valence-electron chi connectivity index (χ1n) is 7.17. The van der Waals surface area contributed by atoms with Crippen LogP contribution in [0.4, 0.5) is 5.69 Å². The zero-order valence-corrected chi connectivity index (χ0v) is 14.3. The first-order valence-corrected chi connectivity index (χ1v) is 8.77. The van der Waals surface area contributed by atoms with Crippen LogP contribution in [0.2, 0.25) is 0 Å². The van der Waals surface area contributed by atoms with E-state index < -0.39 is 0 Å². The molecule has 3 rings (SSSR count). The van der Waals surface area contributed by atoms with Crippen LogP contribution in [0.1, 0.15) is 12.8 Å². The molecule has 2 aromatic rings. The number of carbonyl (C=O) groups excluding carboxylic acids is 1. The highest BCUT2D eigenvalue weighted by Crippen LogP contribution is 2.29. The molecule has 0 aromatic heterocycles. The molecule has 1 aliphatic heterocycles. The van der Waals surface area contributed by atoms with Crippen molar-refractivity contribution in [3.63, 3.8) is 0 Å². The summed E-state index contributed by atoms with van der Waals surface area (Å²) in [6, 6.07) is 16.1. The molecule has 0 aliphatic carbocycles. The first kappa shape index (κ1) is 15.6. The monoisotopic (exact) mass is 377 g/mol. The predicted octanol–water partition coefficient (Wildman–Crippen LogP) is 4.72. The largest absolute Gasteiger partial charge is 0.368 e. The molecule has 1 aliphatic rings. The molecule has 5 heteroatoms. The van der Waals surface area contributed by atoms with Gasteiger partial charge in [0.05, 0.1) is 0 Å². The molecule has 1 atom stereocenters. The maximum absolute atomic E-state index is 12.0. The van der Waals surface area contributed by atoms with Crippen LogP contribution in [-0.2, 0) is 9.53 Å². The number of anilines is 1. The van der Waals surface area contributed by atoms with Crippen molar-refractivity contribution in [2.45, 2.75) is 28.7 Å². The Labute approximate surface area is 142 Å². The number of hydrogen-bond acceptors (Lipinski definition) is 3. The van der Waals surface area contributed by atoms with Crippen molar-refractivity contribution >= 4 is 39.3 Å². The number of rotatable bonds is 4. The molecule has 2 aromatic carbocycles. The summed E-state index contributed by atoms with van der Waals surface area (Å²) in [5, 5.41) is 2.90. The first-order chi connectivity index (χ1) is 10.7. The van der Waals surface area contributed by atoms with Gasteiger partial charge in [0.15, 0.2) is 0 Å². The van der Waals surface area contributed by atoms with E-state index in [2.05, 4.69) is 33.4 Å². The fraction of sp³-hybridized carbons (Fsp3) is 0.235. The van der Waals surface area contributed by atoms with Crippen LogP contribution < -0.4 is 5.32 Å². The highest BCUT2D eigenvalue weighted by atomic mass is 79.9. The molecule has 0 bridgehead atoms. The third kappa shape index (κ3) is 4.12. The summed E-state index contributed by atoms with van der Waals surface area (Å²) in [7, 11) is 0. The highest BCUT2D eigenvalue weighted by molar-refractivity contribution is 9.10. The predicted molar refractivity (Wildman–Crippen MR) is 92.3 cm³/mol. The smallest absolute Gasteiger partial charge is 0.253 e. The van der Waals surface area contributed by atoms with Gasteiger partial charge in [-0.2, -0.15) is 0 Å². The summed E-state index contributed by atoms with van der Waals surface area (Å²) in [6.45, 7) is 0.681. The van der Waals surface area contributed by atoms with Crippen LogP contribution in [0.5, 0.6) is 0 Å². The van der Waals surface area contributed by atoms with E-state index in [1.807, 2.05) is 36.4 Å². The topological polar surface area (TPSA) is 38.3 Å². The highest BCUT2D eigenvalue weighted by Gasteiger charge is 2.23. The number of ether oxygens (including phenoxy) is 1. The Morgan fingerprint density at radius 2 is 1.73 bits per heavy atom. The Kier molecular flexibility index (Phi) is 5.18. The fourth-order valence-electron chi connectivity index (χ4n) is 2.25. The number of halogens is 1. The molecule has 0 saturated carbocycles. The lowest BCUT2D eigenvalue weighted by molar-refractivity contribution is -0.124. The van der Waals surface area contributed by atoms with Crippen molar-refractivity contribution in [1.82, 2.24) is 0 Å². The van der Waals surface area contributed by atoms with Gasteiger partial charge in [0.2, 0.25) is 0 Å². The molecule has 0 radical (unpaired) electrons. The lowest BCUT2D eigenvalue weighted by Gasteiger charge is -2.10. The second kappa shape index (κ2) is 7.31. The Morgan fingerprint density at radius 1 is 1.09 bits per heavy atom. The maximum Gasteiger partial charge on any atom is 0.253 e. The lowest BCUT2D eigenvalue weighted by Crippen LogP contribution is -2.26. The van der Waals surface area contributed by atoms with E-state index in [0.29, 0.717) is 6.61 Å². The third-order valence-corrected chi connectivity index (χ3v) is 4.94. The van der Waals surface area contributed by atoms with Crippen molar-refractivity contribution in [1.29, 1.82) is 0 Å². The molecule has 0 spiro atoms. The van der Waals surface area contributed by atoms with Crippen molar-refractivity contribution in [2.24, 2.45) is 0 Å². The number of nitrogens with one attached hydrogen (secondary N) is 1. The Hall–Kier alpha value is -1.30. The average molecular weight is 378 g/mol. The van der Waals surface area contributed by atoms with Gasteiger partial charge in [0.1, 0.15) is 6.10 Å². The Morgan fingerprint density at radius 3 is 2.32 bits per heavy atom. The number of amides is 1. The molecule has 1 amide bonds. The second-order valence-corrected chi connectivity index (χ2v) is 7.13. The molecule has 1 heterocycles. The Balaban J connectivity index is 1.60. The van der Waals surface area contributed by atoms with Crippen LogP contribution in [-0.4, -0.2) is 18.6 Å². The molecule has 1 N–H and O–H groups in total. The van der Waals surface area contributed by atoms with E-state index in [1.54, 1.807) is 11.8 Å². The van der Waals surface area contributed by atoms with Gasteiger partial charge in [-0.1, -0.05) is 27.7 Å². The van der Waals surface area contributed by atoms with Gasteiger partial charge < -0.3 is 10.1 Å². The molecule has 22 heavy (non-hydrogen) atoms. The summed E-state index contributed by atoms with van der Waals surface area (Å²) >= 11 is 5.12. The van der Waals surface area contributed by atoms with E-state index in [4.69, 9.17) is 4.74 Å². The zero-order valence-electron chi connectivity index (χ0n) is 11.9. The van der Waals surface area contributed by atoms with Gasteiger partial charge in [-0.25, -0.2) is 0 Å². The van der Waals surface area contributed by atoms with E-state index in [9.17, 15) is 4.79 Å². The van der Waals surface area contributed by atoms with E-state index in [-0.39, 0.29) is 12.0 Å². The van der Waals surface area contributed by atoms with Crippen LogP contribution in [0, 0.1) is 0 Å². The zero-order chi connectivity index (χ0) is 15.4. The molecular weight excluding hydrogens is 362 g/mol. The number of benzene rings is 2. The van der Waals surface area contributed by atoms with Crippen LogP contribution in [0.3, 0.4) is 0 Å². The molecule has 3 nitrogen and oxygen atoms in total. The van der Waals surface area contributed by atoms with Crippen molar-refractivity contribution in [2.75, 3.05) is 11.9 Å². The molecule has 1 saturated heterocycles. The van der Waals surface area contributed by atoms with Crippen LogP contribution in [0.15, 0.2) is 62.8 Å². The summed E-state index contributed by atoms with van der Waals surface area (Å²) in [4.78, 5) is 14.3. The molecule has 1 unspecified atom stereocenters. The summed E-state index contributed by atoms with van der Waals surface area (Å²) in [5.41, 5.74) is 0.806. The SMILES string of the molecule is O=C(Nc1ccc(Sc2ccc(Br)cc2)cc1)C1CCCO1. The molecule has 1 fully saturated rings. The average Bonchev–Trinajstić information content (AvgIpc) is 3.06. The van der Waals surface area contributed by atoms with Crippen molar-refractivity contribution in [3.05, 3.63) is 53.0 Å². The minimum absolute atomic E-state index is 0.0502. The minimum Gasteiger partial charge on any atom is -0.368 e. The van der Waals surface area contributed by atoms with Gasteiger partial charge in [-0.3, -0.25) is 4.79 Å². The fourth-order valence-corrected chi connectivity index (χ4v) is 3.33. The van der Waals surface area contributed by atoms with Gasteiger partial charge in [0, 0.05) is 26.6 Å². The minimum atomic E-state index is -0.295. The van der Waals surface area contributed by atoms with Gasteiger partial charge in [0.25, 0.3) is 5.91 Å². The van der Waals surface area contributed by atoms with Gasteiger partial charge in [-0.05, 0) is 61.4 Å². The van der Waals surface area contributed by atoms with E-state index in [1.165, 1.54) is 4.90 Å². The van der Waals surface area contributed by atoms with Crippen molar-refractivity contribution in [3.8, 4) is 0 Å². The molecular formula is C17H16BrNO2S. The van der Waals surface area contributed by atoms with Gasteiger partial charge in [-0.15, -0.1) is 0 Å². The van der Waals surface area contributed by atoms with Crippen molar-refractivity contribution < 1.29 is 9.53 Å². The van der Waals surface area contributed by atoms with Crippen LogP contribution >= 0.6 is 27.7 Å².